The second-order valence-corrected chi connectivity index (χ2v) is 14.7. The molecule has 0 bridgehead atoms. The molecule has 6 rings (SSSR count). The number of aliphatic hydroxyl groups is 1. The molecule has 9 nitrogen and oxygen atoms in total. The molecule has 1 aliphatic heterocycles. The standard InChI is InChI=1S/C45H49N3O6S/c1-52-40-17-7-8-18-42(40)55-30-37-27-41(33-23-21-31(29-49)22-24-33)54-45(53-37)36-14-10-13-35(26-36)34-12-9-11-32(25-34)28-47-43(50)19-3-2-4-20-44(51)48-39-16-6-5-15-38(39)46/h5-18,21-26,37,41,45,49H,2-4,19-20,27-30,46H2,1H3,(H,47,50)(H,48,51)/t37-,41+,45+/m0/s1. The van der Waals surface area contributed by atoms with Gasteiger partial charge in [0.1, 0.15) is 5.75 Å². The molecule has 10 heteroatoms. The van der Waals surface area contributed by atoms with E-state index in [2.05, 4.69) is 41.0 Å². The summed E-state index contributed by atoms with van der Waals surface area (Å²) >= 11 is 1.71. The summed E-state index contributed by atoms with van der Waals surface area (Å²) < 4.78 is 18.9. The first kappa shape index (κ1) is 39.6. The Morgan fingerprint density at radius 3 is 2.29 bits per heavy atom. The number of benzene rings is 5. The maximum Gasteiger partial charge on any atom is 0.224 e. The van der Waals surface area contributed by atoms with Crippen molar-refractivity contribution in [3.8, 4) is 16.9 Å². The summed E-state index contributed by atoms with van der Waals surface area (Å²) in [6, 6.07) is 39.5. The maximum atomic E-state index is 12.7. The Bertz CT molecular complexity index is 2020. The molecule has 5 aromatic carbocycles. The van der Waals surface area contributed by atoms with E-state index in [0.717, 1.165) is 56.2 Å². The monoisotopic (exact) mass is 759 g/mol. The van der Waals surface area contributed by atoms with Gasteiger partial charge in [-0.2, -0.15) is 0 Å². The van der Waals surface area contributed by atoms with Gasteiger partial charge in [-0.25, -0.2) is 0 Å². The van der Waals surface area contributed by atoms with Crippen LogP contribution in [-0.4, -0.2) is 35.9 Å². The minimum atomic E-state index is -0.584. The summed E-state index contributed by atoms with van der Waals surface area (Å²) in [4.78, 5) is 26.0. The van der Waals surface area contributed by atoms with Gasteiger partial charge in [0.25, 0.3) is 0 Å². The van der Waals surface area contributed by atoms with Crippen molar-refractivity contribution in [1.29, 1.82) is 0 Å². The van der Waals surface area contributed by atoms with Crippen LogP contribution >= 0.6 is 11.8 Å². The lowest BCUT2D eigenvalue weighted by Gasteiger charge is -2.36. The molecule has 0 radical (unpaired) electrons. The van der Waals surface area contributed by atoms with Crippen LogP contribution in [0.15, 0.2) is 126 Å². The van der Waals surface area contributed by atoms with E-state index in [1.54, 1.807) is 31.0 Å². The summed E-state index contributed by atoms with van der Waals surface area (Å²) in [6.07, 6.45) is 2.79. The van der Waals surface area contributed by atoms with Crippen LogP contribution in [0.5, 0.6) is 5.75 Å². The van der Waals surface area contributed by atoms with Gasteiger partial charge in [0.05, 0.1) is 37.3 Å². The summed E-state index contributed by atoms with van der Waals surface area (Å²) in [5, 5.41) is 15.5. The lowest BCUT2D eigenvalue weighted by Crippen LogP contribution is -2.31. The van der Waals surface area contributed by atoms with Crippen molar-refractivity contribution in [2.24, 2.45) is 0 Å². The number of thioether (sulfide) groups is 1. The van der Waals surface area contributed by atoms with E-state index in [4.69, 9.17) is 19.9 Å². The van der Waals surface area contributed by atoms with Gasteiger partial charge < -0.3 is 35.7 Å². The first-order valence-electron chi connectivity index (χ1n) is 18.7. The Labute approximate surface area is 327 Å². The summed E-state index contributed by atoms with van der Waals surface area (Å²) in [6.45, 7) is 0.413. The summed E-state index contributed by atoms with van der Waals surface area (Å²) in [5.41, 5.74) is 12.9. The largest absolute Gasteiger partial charge is 0.496 e. The number of unbranched alkanes of at least 4 members (excludes halogenated alkanes) is 2. The molecule has 286 valence electrons. The average Bonchev–Trinajstić information content (AvgIpc) is 3.23. The van der Waals surface area contributed by atoms with Crippen molar-refractivity contribution in [3.63, 3.8) is 0 Å². The lowest BCUT2D eigenvalue weighted by atomic mass is 9.99. The molecule has 5 N–H and O–H groups in total. The minimum Gasteiger partial charge on any atom is -0.496 e. The molecule has 2 amide bonds. The second-order valence-electron chi connectivity index (χ2n) is 13.6. The van der Waals surface area contributed by atoms with Gasteiger partial charge in [0.2, 0.25) is 11.8 Å². The fourth-order valence-electron chi connectivity index (χ4n) is 6.53. The number of rotatable bonds is 17. The zero-order valence-electron chi connectivity index (χ0n) is 31.1. The number of para-hydroxylation sites is 3. The van der Waals surface area contributed by atoms with E-state index in [1.165, 1.54) is 0 Å². The molecule has 0 saturated carbocycles. The Balaban J connectivity index is 1.04. The molecule has 1 saturated heterocycles. The van der Waals surface area contributed by atoms with Gasteiger partial charge >= 0.3 is 0 Å². The first-order valence-corrected chi connectivity index (χ1v) is 19.7. The highest BCUT2D eigenvalue weighted by molar-refractivity contribution is 7.99. The first-order chi connectivity index (χ1) is 26.9. The number of amides is 2. The number of hydrogen-bond donors (Lipinski definition) is 4. The van der Waals surface area contributed by atoms with E-state index in [-0.39, 0.29) is 30.6 Å². The van der Waals surface area contributed by atoms with E-state index in [9.17, 15) is 14.7 Å². The summed E-state index contributed by atoms with van der Waals surface area (Å²) in [7, 11) is 1.69. The van der Waals surface area contributed by atoms with Gasteiger partial charge in [0.15, 0.2) is 6.29 Å². The van der Waals surface area contributed by atoms with Crippen LogP contribution in [0.25, 0.3) is 11.1 Å². The Morgan fingerprint density at radius 2 is 1.51 bits per heavy atom. The highest BCUT2D eigenvalue weighted by Gasteiger charge is 2.32. The van der Waals surface area contributed by atoms with Gasteiger partial charge in [-0.05, 0) is 77.1 Å². The average molecular weight is 760 g/mol. The lowest BCUT2D eigenvalue weighted by molar-refractivity contribution is -0.245. The molecule has 3 atom stereocenters. The highest BCUT2D eigenvalue weighted by Crippen LogP contribution is 2.41. The molecule has 0 unspecified atom stereocenters. The van der Waals surface area contributed by atoms with Crippen LogP contribution in [-0.2, 0) is 32.2 Å². The van der Waals surface area contributed by atoms with E-state index >= 15 is 0 Å². The number of methoxy groups -OCH3 is 1. The summed E-state index contributed by atoms with van der Waals surface area (Å²) in [5.74, 6) is 1.47. The fourth-order valence-corrected chi connectivity index (χ4v) is 7.58. The molecule has 1 fully saturated rings. The van der Waals surface area contributed by atoms with Crippen LogP contribution in [0, 0.1) is 0 Å². The molecular formula is C45H49N3O6S. The topological polar surface area (TPSA) is 132 Å². The van der Waals surface area contributed by atoms with Crippen molar-refractivity contribution in [1.82, 2.24) is 5.32 Å². The predicted octanol–water partition coefficient (Wildman–Crippen LogP) is 8.98. The van der Waals surface area contributed by atoms with Gasteiger partial charge in [0, 0.05) is 42.0 Å². The van der Waals surface area contributed by atoms with E-state index in [1.807, 2.05) is 78.9 Å². The van der Waals surface area contributed by atoms with E-state index in [0.29, 0.717) is 50.0 Å². The number of anilines is 2. The van der Waals surface area contributed by atoms with Crippen molar-refractivity contribution in [3.05, 3.63) is 144 Å². The minimum absolute atomic E-state index is 0.00830. The normalized spacial score (nSPS) is 16.7. The zero-order valence-corrected chi connectivity index (χ0v) is 31.9. The van der Waals surface area contributed by atoms with Gasteiger partial charge in [-0.1, -0.05) is 91.3 Å². The quantitative estimate of drug-likeness (QED) is 0.0420. The van der Waals surface area contributed by atoms with Gasteiger partial charge in [-0.15, -0.1) is 11.8 Å². The van der Waals surface area contributed by atoms with E-state index < -0.39 is 6.29 Å². The molecule has 1 aliphatic rings. The van der Waals surface area contributed by atoms with Crippen molar-refractivity contribution in [2.45, 2.75) is 75.1 Å². The van der Waals surface area contributed by atoms with Crippen LogP contribution in [0.4, 0.5) is 11.4 Å². The molecule has 0 aromatic heterocycles. The number of nitrogen functional groups attached to an aromatic ring is 1. The highest BCUT2D eigenvalue weighted by atomic mass is 32.2. The predicted molar refractivity (Wildman–Crippen MR) is 218 cm³/mol. The molecule has 1 heterocycles. The van der Waals surface area contributed by atoms with Crippen molar-refractivity contribution in [2.75, 3.05) is 23.9 Å². The third-order valence-electron chi connectivity index (χ3n) is 9.56. The Morgan fingerprint density at radius 1 is 0.782 bits per heavy atom. The SMILES string of the molecule is COc1ccccc1SC[C@@H]1C[C@H](c2ccc(CO)cc2)O[C@H](c2cccc(-c3cccc(CNC(=O)CCCCCC(=O)Nc4ccccc4N)c3)c2)O1. The maximum absolute atomic E-state index is 12.7. The number of carbonyl (C=O) groups is 2. The Kier molecular flexibility index (Phi) is 14.4. The fraction of sp³-hybridized carbons (Fsp3) is 0.289. The molecule has 5 aromatic rings. The number of nitrogens with two attached hydrogens (primary N) is 1. The number of hydrogen-bond acceptors (Lipinski definition) is 8. The van der Waals surface area contributed by atoms with Crippen LogP contribution < -0.4 is 21.1 Å². The molecule has 55 heavy (non-hydrogen) atoms. The second kappa shape index (κ2) is 20.0. The smallest absolute Gasteiger partial charge is 0.224 e. The van der Waals surface area contributed by atoms with Crippen LogP contribution in [0.2, 0.25) is 0 Å². The zero-order chi connectivity index (χ0) is 38.4. The number of nitrogens with one attached hydrogen (secondary N) is 2. The van der Waals surface area contributed by atoms with Crippen LogP contribution in [0.3, 0.4) is 0 Å². The van der Waals surface area contributed by atoms with Crippen molar-refractivity contribution >= 4 is 35.0 Å². The third kappa shape index (κ3) is 11.4. The number of carbonyl (C=O) groups excluding carboxylic acids is 2. The molecule has 0 spiro atoms. The Hall–Kier alpha value is -5.13. The third-order valence-corrected chi connectivity index (χ3v) is 10.7. The van der Waals surface area contributed by atoms with Gasteiger partial charge in [-0.3, -0.25) is 9.59 Å². The number of ether oxygens (including phenoxy) is 3. The van der Waals surface area contributed by atoms with Crippen molar-refractivity contribution < 1.29 is 28.9 Å². The number of aliphatic hydroxyl groups excluding tert-OH is 1. The van der Waals surface area contributed by atoms with Crippen LogP contribution in [0.1, 0.15) is 73.2 Å². The molecule has 0 aliphatic carbocycles. The molecular weight excluding hydrogens is 711 g/mol.